The Bertz CT molecular complexity index is 731. The molecule has 2 N–H and O–H groups in total. The van der Waals surface area contributed by atoms with Crippen LogP contribution in [-0.4, -0.2) is 23.8 Å². The molecule has 0 spiro atoms. The van der Waals surface area contributed by atoms with Crippen molar-refractivity contribution in [3.05, 3.63) is 65.9 Å². The Morgan fingerprint density at radius 2 is 1.83 bits per heavy atom. The minimum absolute atomic E-state index is 0.0990. The first-order valence-corrected chi connectivity index (χ1v) is 7.63. The van der Waals surface area contributed by atoms with E-state index >= 15 is 0 Å². The van der Waals surface area contributed by atoms with E-state index in [1.54, 1.807) is 24.3 Å². The van der Waals surface area contributed by atoms with E-state index in [0.717, 1.165) is 5.75 Å². The molecule has 2 aromatic carbocycles. The number of anilines is 1. The molecule has 0 aromatic heterocycles. The molecule has 1 amide bonds. The first kappa shape index (κ1) is 17.3. The summed E-state index contributed by atoms with van der Waals surface area (Å²) in [5.74, 6) is 0.201. The zero-order chi connectivity index (χ0) is 17.4. The lowest BCUT2D eigenvalue weighted by Gasteiger charge is -2.08. The van der Waals surface area contributed by atoms with Crippen molar-refractivity contribution in [2.45, 2.75) is 13.8 Å². The predicted molar refractivity (Wildman–Crippen MR) is 96.2 cm³/mol. The molecule has 0 saturated heterocycles. The minimum atomic E-state index is -0.432. The van der Waals surface area contributed by atoms with Gasteiger partial charge in [-0.05, 0) is 50.2 Å². The van der Waals surface area contributed by atoms with E-state index in [1.165, 1.54) is 13.1 Å². The van der Waals surface area contributed by atoms with E-state index < -0.39 is 5.91 Å². The van der Waals surface area contributed by atoms with Gasteiger partial charge in [0.1, 0.15) is 11.5 Å². The van der Waals surface area contributed by atoms with Gasteiger partial charge in [-0.2, -0.15) is 0 Å². The van der Waals surface area contributed by atoms with E-state index in [9.17, 15) is 9.90 Å². The zero-order valence-electron chi connectivity index (χ0n) is 13.7. The minimum Gasteiger partial charge on any atom is -0.512 e. The summed E-state index contributed by atoms with van der Waals surface area (Å²) in [6.45, 7) is 3.94. The molecule has 24 heavy (non-hydrogen) atoms. The Labute approximate surface area is 141 Å². The largest absolute Gasteiger partial charge is 0.512 e. The lowest BCUT2D eigenvalue weighted by atomic mass is 10.2. The summed E-state index contributed by atoms with van der Waals surface area (Å²) in [4.78, 5) is 16.5. The molecule has 2 aromatic rings. The molecule has 0 bridgehead atoms. The third-order valence-corrected chi connectivity index (χ3v) is 3.16. The van der Waals surface area contributed by atoms with Crippen molar-refractivity contribution in [3.63, 3.8) is 0 Å². The Hall–Kier alpha value is -3.08. The SMILES string of the molecule is CCOc1ccc(NC(=O)C(C=Nc2ccccc2)=C(C)O)cc1. The number of carbonyl (C=O) groups excluding carboxylic acids is 1. The van der Waals surface area contributed by atoms with Gasteiger partial charge in [-0.15, -0.1) is 0 Å². The highest BCUT2D eigenvalue weighted by molar-refractivity contribution is 6.18. The average Bonchev–Trinajstić information content (AvgIpc) is 2.58. The summed E-state index contributed by atoms with van der Waals surface area (Å²) in [6, 6.07) is 16.2. The molecule has 0 fully saturated rings. The van der Waals surface area contributed by atoms with Gasteiger partial charge in [0.25, 0.3) is 5.91 Å². The normalized spacial score (nSPS) is 11.9. The number of benzene rings is 2. The Morgan fingerprint density at radius 1 is 1.17 bits per heavy atom. The van der Waals surface area contributed by atoms with Crippen LogP contribution in [0.5, 0.6) is 5.75 Å². The third-order valence-electron chi connectivity index (χ3n) is 3.16. The number of allylic oxidation sites excluding steroid dienone is 1. The van der Waals surface area contributed by atoms with Crippen LogP contribution in [0.3, 0.4) is 0 Å². The summed E-state index contributed by atoms with van der Waals surface area (Å²) in [7, 11) is 0. The fourth-order valence-electron chi connectivity index (χ4n) is 1.97. The van der Waals surface area contributed by atoms with Crippen LogP contribution in [0.25, 0.3) is 0 Å². The number of aliphatic imine (C=N–C) groups is 1. The monoisotopic (exact) mass is 324 g/mol. The molecular formula is C19H20N2O3. The lowest BCUT2D eigenvalue weighted by Crippen LogP contribution is -2.16. The van der Waals surface area contributed by atoms with Crippen molar-refractivity contribution >= 4 is 23.5 Å². The fourth-order valence-corrected chi connectivity index (χ4v) is 1.97. The number of carbonyl (C=O) groups is 1. The summed E-state index contributed by atoms with van der Waals surface area (Å²) in [5, 5.41) is 12.5. The molecule has 0 radical (unpaired) electrons. The maximum absolute atomic E-state index is 12.3. The van der Waals surface area contributed by atoms with Gasteiger partial charge >= 0.3 is 0 Å². The Kier molecular flexibility index (Phi) is 6.14. The quantitative estimate of drug-likeness (QED) is 0.474. The number of amides is 1. The van der Waals surface area contributed by atoms with Crippen LogP contribution in [0, 0.1) is 0 Å². The van der Waals surface area contributed by atoms with Gasteiger partial charge in [0.2, 0.25) is 0 Å². The zero-order valence-corrected chi connectivity index (χ0v) is 13.7. The number of para-hydroxylation sites is 1. The van der Waals surface area contributed by atoms with Crippen LogP contribution >= 0.6 is 0 Å². The lowest BCUT2D eigenvalue weighted by molar-refractivity contribution is -0.112. The van der Waals surface area contributed by atoms with Gasteiger partial charge in [-0.25, -0.2) is 0 Å². The number of nitrogens with one attached hydrogen (secondary N) is 1. The van der Waals surface area contributed by atoms with Crippen LogP contribution < -0.4 is 10.1 Å². The summed E-state index contributed by atoms with van der Waals surface area (Å²) in [5.41, 5.74) is 1.41. The van der Waals surface area contributed by atoms with Crippen LogP contribution in [0.4, 0.5) is 11.4 Å². The maximum Gasteiger partial charge on any atom is 0.260 e. The number of hydrogen-bond acceptors (Lipinski definition) is 4. The topological polar surface area (TPSA) is 70.9 Å². The highest BCUT2D eigenvalue weighted by Crippen LogP contribution is 2.17. The highest BCUT2D eigenvalue weighted by atomic mass is 16.5. The summed E-state index contributed by atoms with van der Waals surface area (Å²) in [6.07, 6.45) is 1.36. The van der Waals surface area contributed by atoms with Crippen LogP contribution in [0.15, 0.2) is 70.9 Å². The summed E-state index contributed by atoms with van der Waals surface area (Å²) >= 11 is 0. The van der Waals surface area contributed by atoms with E-state index in [-0.39, 0.29) is 11.3 Å². The van der Waals surface area contributed by atoms with Gasteiger partial charge < -0.3 is 15.2 Å². The average molecular weight is 324 g/mol. The van der Waals surface area contributed by atoms with Crippen molar-refractivity contribution in [2.75, 3.05) is 11.9 Å². The van der Waals surface area contributed by atoms with Crippen molar-refractivity contribution < 1.29 is 14.6 Å². The molecule has 5 heteroatoms. The van der Waals surface area contributed by atoms with E-state index in [0.29, 0.717) is 18.0 Å². The number of aliphatic hydroxyl groups excluding tert-OH is 1. The second kappa shape index (κ2) is 8.53. The fraction of sp³-hybridized carbons (Fsp3) is 0.158. The standard InChI is InChI=1S/C19H20N2O3/c1-3-24-17-11-9-16(10-12-17)21-19(23)18(14(2)22)13-20-15-7-5-4-6-8-15/h4-13,22H,3H2,1-2H3,(H,21,23). The molecule has 5 nitrogen and oxygen atoms in total. The maximum atomic E-state index is 12.3. The van der Waals surface area contributed by atoms with Gasteiger partial charge in [-0.3, -0.25) is 9.79 Å². The van der Waals surface area contributed by atoms with Crippen LogP contribution in [0.1, 0.15) is 13.8 Å². The number of rotatable bonds is 6. The Morgan fingerprint density at radius 3 is 2.42 bits per heavy atom. The smallest absolute Gasteiger partial charge is 0.260 e. The van der Waals surface area contributed by atoms with Crippen molar-refractivity contribution in [3.8, 4) is 5.75 Å². The first-order valence-electron chi connectivity index (χ1n) is 7.63. The van der Waals surface area contributed by atoms with Gasteiger partial charge in [0, 0.05) is 11.9 Å². The van der Waals surface area contributed by atoms with Crippen LogP contribution in [0.2, 0.25) is 0 Å². The predicted octanol–water partition coefficient (Wildman–Crippen LogP) is 4.26. The number of aliphatic hydroxyl groups is 1. The van der Waals surface area contributed by atoms with Gasteiger partial charge in [-0.1, -0.05) is 18.2 Å². The molecule has 0 atom stereocenters. The molecule has 0 saturated carbocycles. The van der Waals surface area contributed by atoms with E-state index in [4.69, 9.17) is 4.74 Å². The Balaban J connectivity index is 2.10. The summed E-state index contributed by atoms with van der Waals surface area (Å²) < 4.78 is 5.36. The number of nitrogens with zero attached hydrogens (tertiary/aromatic N) is 1. The molecule has 0 heterocycles. The van der Waals surface area contributed by atoms with Gasteiger partial charge in [0.15, 0.2) is 0 Å². The molecule has 2 rings (SSSR count). The molecule has 0 aliphatic rings. The van der Waals surface area contributed by atoms with E-state index in [2.05, 4.69) is 10.3 Å². The third kappa shape index (κ3) is 4.98. The van der Waals surface area contributed by atoms with Crippen LogP contribution in [-0.2, 0) is 4.79 Å². The first-order chi connectivity index (χ1) is 11.6. The van der Waals surface area contributed by atoms with Gasteiger partial charge in [0.05, 0.1) is 17.9 Å². The van der Waals surface area contributed by atoms with E-state index in [1.807, 2.05) is 37.3 Å². The molecule has 0 aliphatic carbocycles. The second-order valence-electron chi connectivity index (χ2n) is 5.00. The molecule has 0 aliphatic heterocycles. The number of hydrogen-bond donors (Lipinski definition) is 2. The highest BCUT2D eigenvalue weighted by Gasteiger charge is 2.11. The molecule has 124 valence electrons. The van der Waals surface area contributed by atoms with Crippen molar-refractivity contribution in [1.82, 2.24) is 0 Å². The number of ether oxygens (including phenoxy) is 1. The second-order valence-corrected chi connectivity index (χ2v) is 5.00. The molecule has 0 unspecified atom stereocenters. The molecular weight excluding hydrogens is 304 g/mol. The van der Waals surface area contributed by atoms with Crippen molar-refractivity contribution in [1.29, 1.82) is 0 Å². The van der Waals surface area contributed by atoms with Crippen molar-refractivity contribution in [2.24, 2.45) is 4.99 Å².